The summed E-state index contributed by atoms with van der Waals surface area (Å²) in [6.07, 6.45) is 4.50. The lowest BCUT2D eigenvalue weighted by Crippen LogP contribution is -2.28. The molecule has 16 heavy (non-hydrogen) atoms. The zero-order valence-electron chi connectivity index (χ0n) is 10.1. The molecule has 3 atom stereocenters. The van der Waals surface area contributed by atoms with Gasteiger partial charge in [-0.05, 0) is 42.6 Å². The Hall–Kier alpha value is -0.630. The highest BCUT2D eigenvalue weighted by atomic mass is 16.3. The molecule has 1 fully saturated rings. The lowest BCUT2D eigenvalue weighted by molar-refractivity contribution is -0.121. The maximum Gasteiger partial charge on any atom is 0.136 e. The number of carbonyl (C=O) groups excluding carboxylic acids is 1. The number of aliphatic hydroxyl groups is 1. The molecule has 0 heterocycles. The quantitative estimate of drug-likeness (QED) is 0.637. The lowest BCUT2D eigenvalue weighted by atomic mass is 9.78. The SMILES string of the molecule is CC1(C)CC2=C(CC3C(=O)CCC3C2)C1O. The first-order valence-electron chi connectivity index (χ1n) is 6.40. The predicted octanol–water partition coefficient (Wildman–Crippen LogP) is 2.46. The Morgan fingerprint density at radius 2 is 2.06 bits per heavy atom. The minimum absolute atomic E-state index is 0.00759. The average Bonchev–Trinajstić information content (AvgIpc) is 2.66. The molecule has 0 amide bonds. The van der Waals surface area contributed by atoms with E-state index in [0.29, 0.717) is 11.7 Å². The lowest BCUT2D eigenvalue weighted by Gasteiger charge is -2.28. The van der Waals surface area contributed by atoms with E-state index in [-0.39, 0.29) is 17.4 Å². The Morgan fingerprint density at radius 3 is 2.81 bits per heavy atom. The number of carbonyl (C=O) groups is 1. The number of allylic oxidation sites excluding steroid dienone is 1. The van der Waals surface area contributed by atoms with Crippen LogP contribution in [-0.4, -0.2) is 17.0 Å². The largest absolute Gasteiger partial charge is 0.388 e. The number of fused-ring (bicyclic) bond motifs is 1. The van der Waals surface area contributed by atoms with Crippen LogP contribution in [0.25, 0.3) is 0 Å². The van der Waals surface area contributed by atoms with Crippen LogP contribution in [0.2, 0.25) is 0 Å². The average molecular weight is 220 g/mol. The Morgan fingerprint density at radius 1 is 1.31 bits per heavy atom. The van der Waals surface area contributed by atoms with E-state index in [1.54, 1.807) is 0 Å². The zero-order chi connectivity index (χ0) is 11.5. The molecule has 3 unspecified atom stereocenters. The van der Waals surface area contributed by atoms with Gasteiger partial charge in [0.15, 0.2) is 0 Å². The maximum atomic E-state index is 11.8. The molecule has 3 aliphatic rings. The second-order valence-corrected chi connectivity index (χ2v) is 6.48. The van der Waals surface area contributed by atoms with Crippen LogP contribution in [-0.2, 0) is 4.79 Å². The summed E-state index contributed by atoms with van der Waals surface area (Å²) in [7, 11) is 0. The summed E-state index contributed by atoms with van der Waals surface area (Å²) in [5.41, 5.74) is 2.67. The van der Waals surface area contributed by atoms with E-state index in [1.807, 2.05) is 0 Å². The zero-order valence-corrected chi connectivity index (χ0v) is 10.1. The summed E-state index contributed by atoms with van der Waals surface area (Å²) in [5.74, 6) is 1.27. The van der Waals surface area contributed by atoms with Crippen LogP contribution in [0.4, 0.5) is 0 Å². The van der Waals surface area contributed by atoms with Crippen LogP contribution in [0, 0.1) is 17.3 Å². The van der Waals surface area contributed by atoms with Crippen molar-refractivity contribution in [1.82, 2.24) is 0 Å². The standard InChI is InChI=1S/C14H20O2/c1-14(2)7-9-5-8-3-4-12(15)10(8)6-11(9)13(14)16/h8,10,13,16H,3-7H2,1-2H3. The van der Waals surface area contributed by atoms with Crippen molar-refractivity contribution < 1.29 is 9.90 Å². The molecule has 0 bridgehead atoms. The van der Waals surface area contributed by atoms with E-state index in [0.717, 1.165) is 32.1 Å². The smallest absolute Gasteiger partial charge is 0.136 e. The molecule has 2 heteroatoms. The molecule has 3 aliphatic carbocycles. The van der Waals surface area contributed by atoms with Crippen molar-refractivity contribution in [3.8, 4) is 0 Å². The van der Waals surface area contributed by atoms with Gasteiger partial charge in [0.2, 0.25) is 0 Å². The molecule has 0 aromatic rings. The number of hydrogen-bond donors (Lipinski definition) is 1. The second-order valence-electron chi connectivity index (χ2n) is 6.48. The van der Waals surface area contributed by atoms with E-state index in [4.69, 9.17) is 0 Å². The van der Waals surface area contributed by atoms with E-state index in [2.05, 4.69) is 13.8 Å². The molecule has 0 aromatic heterocycles. The van der Waals surface area contributed by atoms with Crippen LogP contribution in [0.5, 0.6) is 0 Å². The minimum atomic E-state index is -0.308. The fraction of sp³-hybridized carbons (Fsp3) is 0.786. The van der Waals surface area contributed by atoms with E-state index in [1.165, 1.54) is 11.1 Å². The van der Waals surface area contributed by atoms with Crippen LogP contribution in [0.15, 0.2) is 11.1 Å². The normalized spacial score (nSPS) is 41.2. The fourth-order valence-electron chi connectivity index (χ4n) is 3.94. The molecule has 0 aliphatic heterocycles. The minimum Gasteiger partial charge on any atom is -0.388 e. The van der Waals surface area contributed by atoms with Crippen LogP contribution >= 0.6 is 0 Å². The summed E-state index contributed by atoms with van der Waals surface area (Å²) >= 11 is 0. The predicted molar refractivity (Wildman–Crippen MR) is 61.9 cm³/mol. The molecule has 1 N–H and O–H groups in total. The van der Waals surface area contributed by atoms with Crippen molar-refractivity contribution in [2.24, 2.45) is 17.3 Å². The van der Waals surface area contributed by atoms with Gasteiger partial charge in [0.1, 0.15) is 5.78 Å². The van der Waals surface area contributed by atoms with Crippen LogP contribution in [0.3, 0.4) is 0 Å². The van der Waals surface area contributed by atoms with Crippen molar-refractivity contribution in [3.63, 3.8) is 0 Å². The van der Waals surface area contributed by atoms with Gasteiger partial charge in [0, 0.05) is 12.3 Å². The summed E-state index contributed by atoms with van der Waals surface area (Å²) < 4.78 is 0. The third-order valence-electron chi connectivity index (χ3n) is 4.89. The van der Waals surface area contributed by atoms with E-state index < -0.39 is 0 Å². The van der Waals surface area contributed by atoms with Gasteiger partial charge >= 0.3 is 0 Å². The molecule has 88 valence electrons. The molecular formula is C14H20O2. The molecule has 0 spiro atoms. The number of Topliss-reactive ketones (excluding diaryl/α,β-unsaturated/α-hetero) is 1. The second kappa shape index (κ2) is 3.19. The maximum absolute atomic E-state index is 11.8. The summed E-state index contributed by atoms with van der Waals surface area (Å²) in [6.45, 7) is 4.27. The number of aliphatic hydroxyl groups excluding tert-OH is 1. The Labute approximate surface area is 96.7 Å². The topological polar surface area (TPSA) is 37.3 Å². The van der Waals surface area contributed by atoms with Gasteiger partial charge in [-0.2, -0.15) is 0 Å². The van der Waals surface area contributed by atoms with Crippen LogP contribution in [0.1, 0.15) is 46.0 Å². The number of rotatable bonds is 0. The van der Waals surface area contributed by atoms with Crippen molar-refractivity contribution in [1.29, 1.82) is 0 Å². The monoisotopic (exact) mass is 220 g/mol. The number of ketones is 1. The third-order valence-corrected chi connectivity index (χ3v) is 4.89. The van der Waals surface area contributed by atoms with Crippen molar-refractivity contribution in [2.75, 3.05) is 0 Å². The van der Waals surface area contributed by atoms with Gasteiger partial charge in [-0.25, -0.2) is 0 Å². The molecule has 1 saturated carbocycles. The van der Waals surface area contributed by atoms with Crippen molar-refractivity contribution >= 4 is 5.78 Å². The summed E-state index contributed by atoms with van der Waals surface area (Å²) in [6, 6.07) is 0. The van der Waals surface area contributed by atoms with Gasteiger partial charge in [0.05, 0.1) is 6.10 Å². The fourth-order valence-corrected chi connectivity index (χ4v) is 3.94. The highest BCUT2D eigenvalue weighted by molar-refractivity contribution is 5.84. The summed E-state index contributed by atoms with van der Waals surface area (Å²) in [4.78, 5) is 11.8. The van der Waals surface area contributed by atoms with Gasteiger partial charge in [0.25, 0.3) is 0 Å². The van der Waals surface area contributed by atoms with Gasteiger partial charge in [-0.1, -0.05) is 19.4 Å². The molecule has 0 aromatic carbocycles. The highest BCUT2D eigenvalue weighted by Gasteiger charge is 2.47. The molecule has 3 rings (SSSR count). The first-order valence-corrected chi connectivity index (χ1v) is 6.40. The third kappa shape index (κ3) is 1.32. The van der Waals surface area contributed by atoms with Gasteiger partial charge in [-0.15, -0.1) is 0 Å². The Balaban J connectivity index is 1.90. The van der Waals surface area contributed by atoms with Gasteiger partial charge in [-0.3, -0.25) is 4.79 Å². The van der Waals surface area contributed by atoms with Crippen LogP contribution < -0.4 is 0 Å². The molecule has 0 saturated heterocycles. The molecule has 0 radical (unpaired) electrons. The highest BCUT2D eigenvalue weighted by Crippen LogP contribution is 2.52. The molecular weight excluding hydrogens is 200 g/mol. The van der Waals surface area contributed by atoms with Crippen molar-refractivity contribution in [3.05, 3.63) is 11.1 Å². The van der Waals surface area contributed by atoms with Crippen molar-refractivity contribution in [2.45, 2.75) is 52.1 Å². The number of hydrogen-bond acceptors (Lipinski definition) is 2. The van der Waals surface area contributed by atoms with Gasteiger partial charge < -0.3 is 5.11 Å². The first kappa shape index (κ1) is 10.5. The first-order chi connectivity index (χ1) is 7.49. The Bertz CT molecular complexity index is 378. The Kier molecular flexibility index (Phi) is 2.10. The molecule has 2 nitrogen and oxygen atoms in total. The van der Waals surface area contributed by atoms with E-state index >= 15 is 0 Å². The van der Waals surface area contributed by atoms with E-state index in [9.17, 15) is 9.90 Å². The summed E-state index contributed by atoms with van der Waals surface area (Å²) in [5, 5.41) is 10.3.